The van der Waals surface area contributed by atoms with Gasteiger partial charge in [0.1, 0.15) is 0 Å². The van der Waals surface area contributed by atoms with Gasteiger partial charge in [-0.2, -0.15) is 0 Å². The number of amides is 1. The van der Waals surface area contributed by atoms with E-state index < -0.39 is 0 Å². The Balaban J connectivity index is 0.00000180. The van der Waals surface area contributed by atoms with Gasteiger partial charge in [-0.25, -0.2) is 0 Å². The Morgan fingerprint density at radius 1 is 1.53 bits per heavy atom. The van der Waals surface area contributed by atoms with Crippen LogP contribution in [0.4, 0.5) is 0 Å². The van der Waals surface area contributed by atoms with Crippen molar-refractivity contribution < 1.29 is 4.79 Å². The number of nitrogens with one attached hydrogen (secondary N) is 3. The Kier molecular flexibility index (Phi) is 6.54. The molecule has 7 heteroatoms. The minimum absolute atomic E-state index is 0. The maximum Gasteiger partial charge on any atom is 0.262 e. The highest BCUT2D eigenvalue weighted by Gasteiger charge is 2.14. The summed E-state index contributed by atoms with van der Waals surface area (Å²) in [5.41, 5.74) is 0.230. The zero-order valence-corrected chi connectivity index (χ0v) is 12.8. The van der Waals surface area contributed by atoms with Gasteiger partial charge in [0, 0.05) is 12.7 Å². The van der Waals surface area contributed by atoms with E-state index in [-0.39, 0.29) is 23.9 Å². The first-order valence-electron chi connectivity index (χ1n) is 6.04. The second-order valence-electron chi connectivity index (χ2n) is 4.49. The van der Waals surface area contributed by atoms with Crippen LogP contribution in [-0.2, 0) is 0 Å². The highest BCUT2D eigenvalue weighted by Crippen LogP contribution is 2.09. The third kappa shape index (κ3) is 4.63. The minimum Gasteiger partial charge on any atom is -0.352 e. The summed E-state index contributed by atoms with van der Waals surface area (Å²) in [7, 11) is 0. The summed E-state index contributed by atoms with van der Waals surface area (Å²) in [4.78, 5) is 25.5. The fourth-order valence-corrected chi connectivity index (χ4v) is 2.39. The van der Waals surface area contributed by atoms with Crippen molar-refractivity contribution in [3.8, 4) is 0 Å². The van der Waals surface area contributed by atoms with Crippen LogP contribution >= 0.6 is 28.3 Å². The summed E-state index contributed by atoms with van der Waals surface area (Å²) in [6.45, 7) is 2.69. The third-order valence-electron chi connectivity index (χ3n) is 3.07. The van der Waals surface area contributed by atoms with Crippen LogP contribution in [0.25, 0.3) is 0 Å². The van der Waals surface area contributed by atoms with Gasteiger partial charge in [0.05, 0.1) is 10.0 Å². The van der Waals surface area contributed by atoms with Gasteiger partial charge in [-0.05, 0) is 53.8 Å². The van der Waals surface area contributed by atoms with Gasteiger partial charge >= 0.3 is 0 Å². The molecule has 0 spiro atoms. The molecule has 1 amide bonds. The van der Waals surface area contributed by atoms with Crippen molar-refractivity contribution in [2.75, 3.05) is 19.6 Å². The molecule has 0 saturated carbocycles. The lowest BCUT2D eigenvalue weighted by Crippen LogP contribution is -2.38. The average molecular weight is 351 g/mol. The normalized spacial score (nSPS) is 18.5. The van der Waals surface area contributed by atoms with Crippen LogP contribution in [0.3, 0.4) is 0 Å². The number of carbonyl (C=O) groups is 1. The van der Waals surface area contributed by atoms with E-state index in [1.807, 2.05) is 0 Å². The Hall–Kier alpha value is -0.850. The van der Waals surface area contributed by atoms with Gasteiger partial charge in [0.15, 0.2) is 0 Å². The summed E-state index contributed by atoms with van der Waals surface area (Å²) in [6, 6.07) is 1.54. The standard InChI is InChI=1S/C12H16BrN3O2.ClH/c13-10-4-9(7-16-12(10)18)11(17)15-6-8-2-1-3-14-5-8;/h4,7-8,14H,1-3,5-6H2,(H,15,17)(H,16,18);1H. The molecule has 2 rings (SSSR count). The Morgan fingerprint density at radius 2 is 2.32 bits per heavy atom. The molecule has 1 aliphatic rings. The van der Waals surface area contributed by atoms with Gasteiger partial charge in [-0.15, -0.1) is 12.4 Å². The molecule has 1 fully saturated rings. The smallest absolute Gasteiger partial charge is 0.262 e. The zero-order valence-electron chi connectivity index (χ0n) is 10.4. The molecule has 3 N–H and O–H groups in total. The highest BCUT2D eigenvalue weighted by molar-refractivity contribution is 9.10. The quantitative estimate of drug-likeness (QED) is 0.769. The van der Waals surface area contributed by atoms with E-state index in [2.05, 4.69) is 31.5 Å². The first-order valence-corrected chi connectivity index (χ1v) is 6.83. The molecule has 2 heterocycles. The summed E-state index contributed by atoms with van der Waals surface area (Å²) in [5.74, 6) is 0.339. The number of pyridine rings is 1. The lowest BCUT2D eigenvalue weighted by Gasteiger charge is -2.22. The minimum atomic E-state index is -0.233. The number of piperidine rings is 1. The van der Waals surface area contributed by atoms with Crippen LogP contribution in [0, 0.1) is 5.92 Å². The second kappa shape index (κ2) is 7.67. The van der Waals surface area contributed by atoms with Crippen molar-refractivity contribution in [3.63, 3.8) is 0 Å². The molecule has 1 aromatic rings. The molecular formula is C12H17BrClN3O2. The van der Waals surface area contributed by atoms with Crippen LogP contribution in [0.2, 0.25) is 0 Å². The number of H-pyrrole nitrogens is 1. The Labute approximate surface area is 126 Å². The van der Waals surface area contributed by atoms with E-state index in [9.17, 15) is 9.59 Å². The molecule has 0 aliphatic carbocycles. The molecule has 106 valence electrons. The average Bonchev–Trinajstić information content (AvgIpc) is 2.40. The molecule has 0 bridgehead atoms. The van der Waals surface area contributed by atoms with Crippen molar-refractivity contribution in [3.05, 3.63) is 32.7 Å². The molecule has 1 saturated heterocycles. The lowest BCUT2D eigenvalue weighted by atomic mass is 10.00. The summed E-state index contributed by atoms with van der Waals surface area (Å²) in [6.07, 6.45) is 3.73. The van der Waals surface area contributed by atoms with E-state index in [0.29, 0.717) is 22.5 Å². The molecule has 1 atom stereocenters. The van der Waals surface area contributed by atoms with E-state index >= 15 is 0 Å². The van der Waals surface area contributed by atoms with Crippen LogP contribution in [0.1, 0.15) is 23.2 Å². The third-order valence-corrected chi connectivity index (χ3v) is 3.66. The summed E-state index contributed by atoms with van der Waals surface area (Å²) >= 11 is 3.11. The maximum absolute atomic E-state index is 11.9. The van der Waals surface area contributed by atoms with E-state index in [4.69, 9.17) is 0 Å². The number of carbonyl (C=O) groups excluding carboxylic acids is 1. The fourth-order valence-electron chi connectivity index (χ4n) is 2.02. The Bertz CT molecular complexity index is 486. The number of aromatic nitrogens is 1. The van der Waals surface area contributed by atoms with Crippen LogP contribution in [-0.4, -0.2) is 30.5 Å². The van der Waals surface area contributed by atoms with Crippen molar-refractivity contribution in [2.24, 2.45) is 5.92 Å². The predicted octanol–water partition coefficient (Wildman–Crippen LogP) is 1.29. The van der Waals surface area contributed by atoms with Gasteiger partial charge in [-0.1, -0.05) is 0 Å². The van der Waals surface area contributed by atoms with Crippen LogP contribution in [0.5, 0.6) is 0 Å². The van der Waals surface area contributed by atoms with Crippen molar-refractivity contribution in [1.82, 2.24) is 15.6 Å². The number of halogens is 2. The monoisotopic (exact) mass is 349 g/mol. The molecule has 0 aromatic carbocycles. The first-order chi connectivity index (χ1) is 8.66. The number of hydrogen-bond donors (Lipinski definition) is 3. The number of aromatic amines is 1. The maximum atomic E-state index is 11.9. The van der Waals surface area contributed by atoms with Gasteiger partial charge in [0.25, 0.3) is 11.5 Å². The van der Waals surface area contributed by atoms with Crippen molar-refractivity contribution >= 4 is 34.2 Å². The molecule has 1 aromatic heterocycles. The largest absolute Gasteiger partial charge is 0.352 e. The predicted molar refractivity (Wildman–Crippen MR) is 79.9 cm³/mol. The van der Waals surface area contributed by atoms with Crippen LogP contribution < -0.4 is 16.2 Å². The summed E-state index contributed by atoms with van der Waals surface area (Å²) < 4.78 is 0.370. The lowest BCUT2D eigenvalue weighted by molar-refractivity contribution is 0.0944. The zero-order chi connectivity index (χ0) is 13.0. The van der Waals surface area contributed by atoms with Crippen molar-refractivity contribution in [1.29, 1.82) is 0 Å². The van der Waals surface area contributed by atoms with Gasteiger partial charge in [0.2, 0.25) is 0 Å². The molecular weight excluding hydrogens is 334 g/mol. The van der Waals surface area contributed by atoms with Crippen LogP contribution in [0.15, 0.2) is 21.5 Å². The molecule has 0 radical (unpaired) electrons. The number of hydrogen-bond acceptors (Lipinski definition) is 3. The van der Waals surface area contributed by atoms with E-state index in [1.54, 1.807) is 0 Å². The topological polar surface area (TPSA) is 74.0 Å². The molecule has 5 nitrogen and oxygen atoms in total. The first kappa shape index (κ1) is 16.2. The summed E-state index contributed by atoms with van der Waals surface area (Å²) in [5, 5.41) is 6.20. The van der Waals surface area contributed by atoms with E-state index in [0.717, 1.165) is 25.9 Å². The molecule has 1 unspecified atom stereocenters. The second-order valence-corrected chi connectivity index (χ2v) is 5.34. The SMILES string of the molecule is Cl.O=C(NCC1CCCNC1)c1c[nH]c(=O)c(Br)c1. The molecule has 1 aliphatic heterocycles. The van der Waals surface area contributed by atoms with Crippen molar-refractivity contribution in [2.45, 2.75) is 12.8 Å². The van der Waals surface area contributed by atoms with Gasteiger partial charge < -0.3 is 15.6 Å². The fraction of sp³-hybridized carbons (Fsp3) is 0.500. The highest BCUT2D eigenvalue weighted by atomic mass is 79.9. The molecule has 19 heavy (non-hydrogen) atoms. The Morgan fingerprint density at radius 3 is 2.95 bits per heavy atom. The number of rotatable bonds is 3. The van der Waals surface area contributed by atoms with Gasteiger partial charge in [-0.3, -0.25) is 9.59 Å². The van der Waals surface area contributed by atoms with E-state index in [1.165, 1.54) is 12.3 Å².